The molecular weight excluding hydrogens is 344 g/mol. The number of nitrogens with zero attached hydrogens (tertiary/aromatic N) is 2. The van der Waals surface area contributed by atoms with Gasteiger partial charge >= 0.3 is 0 Å². The Balaban J connectivity index is 1.45. The zero-order valence-electron chi connectivity index (χ0n) is 15.0. The van der Waals surface area contributed by atoms with Gasteiger partial charge in [-0.05, 0) is 86.8 Å². The molecule has 0 saturated heterocycles. The third kappa shape index (κ3) is 3.33. The van der Waals surface area contributed by atoms with Gasteiger partial charge in [-0.3, -0.25) is 10.1 Å². The first kappa shape index (κ1) is 17.4. The average molecular weight is 369 g/mol. The lowest BCUT2D eigenvalue weighted by molar-refractivity contribution is -0.140. The van der Waals surface area contributed by atoms with Crippen LogP contribution in [-0.2, 0) is 4.79 Å². The molecule has 0 spiro atoms. The van der Waals surface area contributed by atoms with E-state index in [2.05, 4.69) is 15.6 Å². The molecule has 0 aromatic heterocycles. The van der Waals surface area contributed by atoms with Gasteiger partial charge in [0.25, 0.3) is 0 Å². The average Bonchev–Trinajstić information content (AvgIpc) is 2.61. The van der Waals surface area contributed by atoms with Crippen LogP contribution in [0.15, 0.2) is 29.3 Å². The quantitative estimate of drug-likeness (QED) is 0.362. The number of thioether (sulfide) groups is 1. The Hall–Kier alpha value is -2.00. The fourth-order valence-electron chi connectivity index (χ4n) is 5.56. The van der Waals surface area contributed by atoms with Gasteiger partial charge in [0.15, 0.2) is 11.4 Å². The van der Waals surface area contributed by atoms with Gasteiger partial charge in [0.1, 0.15) is 0 Å². The molecular formula is C20H24N4OS. The molecule has 4 aliphatic carbocycles. The maximum atomic E-state index is 13.1. The van der Waals surface area contributed by atoms with Crippen molar-refractivity contribution >= 4 is 34.2 Å². The molecule has 2 N–H and O–H groups in total. The Morgan fingerprint density at radius 3 is 2.23 bits per heavy atom. The molecule has 4 aliphatic rings. The Morgan fingerprint density at radius 2 is 1.73 bits per heavy atom. The van der Waals surface area contributed by atoms with E-state index in [-0.39, 0.29) is 11.3 Å². The highest BCUT2D eigenvalue weighted by Crippen LogP contribution is 2.60. The molecule has 4 fully saturated rings. The first-order chi connectivity index (χ1) is 12.6. The van der Waals surface area contributed by atoms with Gasteiger partial charge in [-0.25, -0.2) is 4.99 Å². The molecule has 1 aromatic carbocycles. The fourth-order valence-corrected chi connectivity index (χ4v) is 5.91. The van der Waals surface area contributed by atoms with Crippen LogP contribution in [0.2, 0.25) is 0 Å². The summed E-state index contributed by atoms with van der Waals surface area (Å²) in [6.45, 7) is 0. The van der Waals surface area contributed by atoms with E-state index in [1.807, 2.05) is 36.7 Å². The van der Waals surface area contributed by atoms with Crippen molar-refractivity contribution in [1.82, 2.24) is 5.32 Å². The molecule has 5 rings (SSSR count). The molecule has 6 heteroatoms. The van der Waals surface area contributed by atoms with Crippen molar-refractivity contribution in [3.63, 3.8) is 0 Å². The summed E-state index contributed by atoms with van der Waals surface area (Å²) in [5.41, 5.74) is 1.45. The number of nitriles is 1. The molecule has 4 saturated carbocycles. The van der Waals surface area contributed by atoms with Crippen molar-refractivity contribution in [2.24, 2.45) is 28.2 Å². The predicted octanol–water partition coefficient (Wildman–Crippen LogP) is 4.26. The molecule has 136 valence electrons. The SMILES string of the molecule is CSC(=Nc1ccc(NC(=O)C23CC4CC(CC(C4)C2)C3)cc1)NC#N. The second-order valence-corrected chi connectivity index (χ2v) is 8.85. The van der Waals surface area contributed by atoms with Crippen LogP contribution in [0.5, 0.6) is 0 Å². The van der Waals surface area contributed by atoms with Gasteiger partial charge < -0.3 is 5.32 Å². The number of amides is 1. The van der Waals surface area contributed by atoms with Gasteiger partial charge in [-0.15, -0.1) is 0 Å². The van der Waals surface area contributed by atoms with Crippen molar-refractivity contribution in [2.45, 2.75) is 38.5 Å². The molecule has 0 aliphatic heterocycles. The number of hydrogen-bond acceptors (Lipinski definition) is 4. The predicted molar refractivity (Wildman–Crippen MR) is 105 cm³/mol. The van der Waals surface area contributed by atoms with E-state index >= 15 is 0 Å². The van der Waals surface area contributed by atoms with Crippen LogP contribution in [0.3, 0.4) is 0 Å². The monoisotopic (exact) mass is 368 g/mol. The Morgan fingerprint density at radius 1 is 1.15 bits per heavy atom. The highest BCUT2D eigenvalue weighted by Gasteiger charge is 2.54. The Bertz CT molecular complexity index is 730. The summed E-state index contributed by atoms with van der Waals surface area (Å²) >= 11 is 1.38. The van der Waals surface area contributed by atoms with Crippen molar-refractivity contribution in [3.05, 3.63) is 24.3 Å². The lowest BCUT2D eigenvalue weighted by Gasteiger charge is -2.55. The Kier molecular flexibility index (Phi) is 4.66. The van der Waals surface area contributed by atoms with Gasteiger partial charge in [0.05, 0.1) is 11.1 Å². The lowest BCUT2D eigenvalue weighted by Crippen LogP contribution is -2.51. The number of hydrogen-bond donors (Lipinski definition) is 2. The van der Waals surface area contributed by atoms with Crippen molar-refractivity contribution in [1.29, 1.82) is 5.26 Å². The molecule has 5 nitrogen and oxygen atoms in total. The van der Waals surface area contributed by atoms with E-state index < -0.39 is 0 Å². The van der Waals surface area contributed by atoms with E-state index in [9.17, 15) is 4.79 Å². The largest absolute Gasteiger partial charge is 0.326 e. The molecule has 4 bridgehead atoms. The zero-order chi connectivity index (χ0) is 18.1. The number of benzene rings is 1. The van der Waals surface area contributed by atoms with Crippen LogP contribution >= 0.6 is 11.8 Å². The number of nitrogens with one attached hydrogen (secondary N) is 2. The maximum absolute atomic E-state index is 13.1. The normalized spacial score (nSPS) is 32.2. The molecule has 0 radical (unpaired) electrons. The summed E-state index contributed by atoms with van der Waals surface area (Å²) in [6, 6.07) is 7.51. The third-order valence-corrected chi connectivity index (χ3v) is 6.81. The minimum absolute atomic E-state index is 0.131. The molecule has 0 atom stereocenters. The third-order valence-electron chi connectivity index (χ3n) is 6.23. The van der Waals surface area contributed by atoms with Crippen LogP contribution in [-0.4, -0.2) is 17.3 Å². The number of aliphatic imine (C=N–C) groups is 1. The standard InChI is InChI=1S/C20H24N4OS/c1-26-19(22-12-21)24-17-4-2-16(3-5-17)23-18(25)20-9-13-6-14(10-20)8-15(7-13)11-20/h2-5,13-15H,6-11H2,1H3,(H,22,24)(H,23,25). The molecule has 0 heterocycles. The van der Waals surface area contributed by atoms with Gasteiger partial charge in [-0.1, -0.05) is 11.8 Å². The smallest absolute Gasteiger partial charge is 0.230 e. The summed E-state index contributed by atoms with van der Waals surface area (Å²) in [5, 5.41) is 15.0. The number of anilines is 1. The number of carbonyl (C=O) groups is 1. The highest BCUT2D eigenvalue weighted by atomic mass is 32.2. The summed E-state index contributed by atoms with van der Waals surface area (Å²) in [7, 11) is 0. The maximum Gasteiger partial charge on any atom is 0.230 e. The van der Waals surface area contributed by atoms with E-state index in [0.717, 1.165) is 48.4 Å². The van der Waals surface area contributed by atoms with Crippen molar-refractivity contribution < 1.29 is 4.79 Å². The second kappa shape index (κ2) is 6.96. The Labute approximate surface area is 158 Å². The number of rotatable bonds is 3. The molecule has 0 unspecified atom stereocenters. The van der Waals surface area contributed by atoms with E-state index in [4.69, 9.17) is 5.26 Å². The van der Waals surface area contributed by atoms with Crippen molar-refractivity contribution in [3.8, 4) is 6.19 Å². The van der Waals surface area contributed by atoms with E-state index in [0.29, 0.717) is 5.17 Å². The fraction of sp³-hybridized carbons (Fsp3) is 0.550. The topological polar surface area (TPSA) is 77.3 Å². The molecule has 1 amide bonds. The van der Waals surface area contributed by atoms with Crippen LogP contribution < -0.4 is 10.6 Å². The minimum Gasteiger partial charge on any atom is -0.326 e. The second-order valence-electron chi connectivity index (χ2n) is 8.06. The van der Waals surface area contributed by atoms with Crippen LogP contribution in [0.1, 0.15) is 38.5 Å². The van der Waals surface area contributed by atoms with Gasteiger partial charge in [0.2, 0.25) is 5.91 Å². The first-order valence-corrected chi connectivity index (χ1v) is 10.5. The highest BCUT2D eigenvalue weighted by molar-refractivity contribution is 8.13. The summed E-state index contributed by atoms with van der Waals surface area (Å²) in [5.74, 6) is 2.51. The zero-order valence-corrected chi connectivity index (χ0v) is 15.8. The van der Waals surface area contributed by atoms with Crippen LogP contribution in [0.4, 0.5) is 11.4 Å². The van der Waals surface area contributed by atoms with Crippen molar-refractivity contribution in [2.75, 3.05) is 11.6 Å². The van der Waals surface area contributed by atoms with E-state index in [1.54, 1.807) is 0 Å². The molecule has 26 heavy (non-hydrogen) atoms. The number of carbonyl (C=O) groups excluding carboxylic acids is 1. The van der Waals surface area contributed by atoms with Crippen LogP contribution in [0.25, 0.3) is 0 Å². The number of amidine groups is 1. The minimum atomic E-state index is -0.131. The van der Waals surface area contributed by atoms with Gasteiger partial charge in [0, 0.05) is 5.69 Å². The van der Waals surface area contributed by atoms with Gasteiger partial charge in [-0.2, -0.15) is 5.26 Å². The molecule has 1 aromatic rings. The summed E-state index contributed by atoms with van der Waals surface area (Å²) in [6.07, 6.45) is 11.0. The summed E-state index contributed by atoms with van der Waals surface area (Å²) in [4.78, 5) is 17.4. The summed E-state index contributed by atoms with van der Waals surface area (Å²) < 4.78 is 0. The van der Waals surface area contributed by atoms with E-state index in [1.165, 1.54) is 31.0 Å². The first-order valence-electron chi connectivity index (χ1n) is 9.29. The lowest BCUT2D eigenvalue weighted by atomic mass is 9.49. The van der Waals surface area contributed by atoms with Crippen LogP contribution in [0, 0.1) is 34.6 Å².